The molecule has 5 unspecified atom stereocenters. The Morgan fingerprint density at radius 1 is 1.48 bits per heavy atom. The van der Waals surface area contributed by atoms with E-state index >= 15 is 0 Å². The lowest BCUT2D eigenvalue weighted by Gasteiger charge is -2.42. The topological polar surface area (TPSA) is 61.8 Å². The Balaban J connectivity index is 1.93. The molecule has 2 bridgehead atoms. The quantitative estimate of drug-likeness (QED) is 0.743. The van der Waals surface area contributed by atoms with Crippen molar-refractivity contribution in [1.29, 1.82) is 0 Å². The van der Waals surface area contributed by atoms with E-state index in [0.29, 0.717) is 12.8 Å². The zero-order valence-electron chi connectivity index (χ0n) is 13.3. The lowest BCUT2D eigenvalue weighted by Crippen LogP contribution is -2.58. The van der Waals surface area contributed by atoms with E-state index in [4.69, 9.17) is 14.2 Å². The first kappa shape index (κ1) is 14.8. The highest BCUT2D eigenvalue weighted by Gasteiger charge is 2.74. The second kappa shape index (κ2) is 4.45. The van der Waals surface area contributed by atoms with Crippen LogP contribution in [-0.4, -0.2) is 35.9 Å². The van der Waals surface area contributed by atoms with Gasteiger partial charge < -0.3 is 14.2 Å². The van der Waals surface area contributed by atoms with E-state index in [1.54, 1.807) is 0 Å². The highest BCUT2D eigenvalue weighted by Crippen LogP contribution is 2.56. The number of carbonyl (C=O) groups is 2. The van der Waals surface area contributed by atoms with Crippen LogP contribution in [0.5, 0.6) is 0 Å². The highest BCUT2D eigenvalue weighted by molar-refractivity contribution is 5.79. The van der Waals surface area contributed by atoms with Gasteiger partial charge in [0.25, 0.3) is 0 Å². The van der Waals surface area contributed by atoms with E-state index in [2.05, 4.69) is 0 Å². The van der Waals surface area contributed by atoms with Crippen molar-refractivity contribution in [2.75, 3.05) is 0 Å². The van der Waals surface area contributed by atoms with Crippen LogP contribution in [0.2, 0.25) is 0 Å². The molecule has 5 heteroatoms. The van der Waals surface area contributed by atoms with Crippen LogP contribution in [0.4, 0.5) is 0 Å². The maximum Gasteiger partial charge on any atom is 0.312 e. The molecule has 21 heavy (non-hydrogen) atoms. The second-order valence-electron chi connectivity index (χ2n) is 7.42. The fourth-order valence-corrected chi connectivity index (χ4v) is 3.70. The monoisotopic (exact) mass is 296 g/mol. The third-order valence-corrected chi connectivity index (χ3v) is 5.59. The molecule has 3 aliphatic rings. The van der Waals surface area contributed by atoms with Crippen molar-refractivity contribution in [2.24, 2.45) is 17.3 Å². The zero-order chi connectivity index (χ0) is 15.6. The van der Waals surface area contributed by atoms with E-state index < -0.39 is 17.1 Å². The Morgan fingerprint density at radius 3 is 2.71 bits per heavy atom. The summed E-state index contributed by atoms with van der Waals surface area (Å²) >= 11 is 0. The van der Waals surface area contributed by atoms with Crippen molar-refractivity contribution in [1.82, 2.24) is 0 Å². The number of hydrogen-bond acceptors (Lipinski definition) is 5. The van der Waals surface area contributed by atoms with Gasteiger partial charge in [0.2, 0.25) is 0 Å². The molecule has 0 aromatic carbocycles. The molecular formula is C16H24O5. The largest absolute Gasteiger partial charge is 0.455 e. The molecule has 118 valence electrons. The number of fused-ring (bicyclic) bond motifs is 1. The summed E-state index contributed by atoms with van der Waals surface area (Å²) in [5.41, 5.74) is -1.39. The molecule has 0 amide bonds. The van der Waals surface area contributed by atoms with Gasteiger partial charge in [-0.3, -0.25) is 9.59 Å². The molecular weight excluding hydrogens is 272 g/mol. The first-order valence-electron chi connectivity index (χ1n) is 7.83. The number of carbonyl (C=O) groups excluding carboxylic acids is 2. The lowest BCUT2D eigenvalue weighted by atomic mass is 9.72. The minimum absolute atomic E-state index is 0.0287. The van der Waals surface area contributed by atoms with Crippen LogP contribution in [0.15, 0.2) is 0 Å². The molecule has 0 N–H and O–H groups in total. The third kappa shape index (κ3) is 1.79. The van der Waals surface area contributed by atoms with E-state index in [0.717, 1.165) is 0 Å². The fraction of sp³-hybridized carbons (Fsp3) is 0.875. The summed E-state index contributed by atoms with van der Waals surface area (Å²) in [7, 11) is 0. The average molecular weight is 296 g/mol. The SMILES string of the molecule is CCC(C)(C)C(=O)OC1(C(C)C)C2CC3C(=O)OC1C3O2. The van der Waals surface area contributed by atoms with Gasteiger partial charge in [0.1, 0.15) is 12.2 Å². The average Bonchev–Trinajstić information content (AvgIpc) is 3.02. The molecule has 3 heterocycles. The van der Waals surface area contributed by atoms with Crippen molar-refractivity contribution >= 4 is 11.9 Å². The predicted molar refractivity (Wildman–Crippen MR) is 74.4 cm³/mol. The lowest BCUT2D eigenvalue weighted by molar-refractivity contribution is -0.197. The first-order valence-corrected chi connectivity index (χ1v) is 7.83. The maximum atomic E-state index is 12.6. The van der Waals surface area contributed by atoms with Gasteiger partial charge in [-0.25, -0.2) is 0 Å². The first-order chi connectivity index (χ1) is 9.74. The molecule has 3 aliphatic heterocycles. The number of rotatable bonds is 4. The Morgan fingerprint density at radius 2 is 2.14 bits per heavy atom. The van der Waals surface area contributed by atoms with E-state index in [9.17, 15) is 9.59 Å². The minimum Gasteiger partial charge on any atom is -0.455 e. The van der Waals surface area contributed by atoms with Crippen molar-refractivity contribution in [3.8, 4) is 0 Å². The Kier molecular flexibility index (Phi) is 3.14. The number of esters is 2. The number of ether oxygens (including phenoxy) is 3. The van der Waals surface area contributed by atoms with Crippen LogP contribution >= 0.6 is 0 Å². The molecule has 0 aliphatic carbocycles. The normalized spacial score (nSPS) is 40.8. The van der Waals surface area contributed by atoms with Crippen molar-refractivity contribution in [2.45, 2.75) is 71.4 Å². The summed E-state index contributed by atoms with van der Waals surface area (Å²) in [6.45, 7) is 9.71. The van der Waals surface area contributed by atoms with Gasteiger partial charge in [0.15, 0.2) is 11.7 Å². The van der Waals surface area contributed by atoms with Gasteiger partial charge in [-0.15, -0.1) is 0 Å². The van der Waals surface area contributed by atoms with Gasteiger partial charge in [0, 0.05) is 0 Å². The van der Waals surface area contributed by atoms with Crippen molar-refractivity contribution in [3.05, 3.63) is 0 Å². The standard InChI is InChI=1S/C16H24O5/c1-6-15(4,5)14(18)21-16(8(2)3)10-7-9-11(19-10)12(16)20-13(9)17/h8-12H,6-7H2,1-5H3. The summed E-state index contributed by atoms with van der Waals surface area (Å²) in [4.78, 5) is 24.5. The Labute approximate surface area is 125 Å². The fourth-order valence-electron chi connectivity index (χ4n) is 3.70. The van der Waals surface area contributed by atoms with Crippen molar-refractivity contribution in [3.63, 3.8) is 0 Å². The van der Waals surface area contributed by atoms with Crippen LogP contribution in [0, 0.1) is 17.3 Å². The Bertz CT molecular complexity index is 483. The molecule has 5 atom stereocenters. The summed E-state index contributed by atoms with van der Waals surface area (Å²) in [5.74, 6) is -0.596. The number of hydrogen-bond donors (Lipinski definition) is 0. The molecule has 5 nitrogen and oxygen atoms in total. The molecule has 0 aromatic rings. The van der Waals surface area contributed by atoms with Crippen LogP contribution in [0.1, 0.15) is 47.5 Å². The summed E-state index contributed by atoms with van der Waals surface area (Å²) in [6, 6.07) is 0. The highest BCUT2D eigenvalue weighted by atomic mass is 16.7. The molecule has 0 saturated carbocycles. The molecule has 0 radical (unpaired) electrons. The molecule has 3 rings (SSSR count). The maximum absolute atomic E-state index is 12.6. The van der Waals surface area contributed by atoms with E-state index in [-0.39, 0.29) is 36.0 Å². The molecule has 0 spiro atoms. The van der Waals surface area contributed by atoms with Crippen LogP contribution < -0.4 is 0 Å². The Hall–Kier alpha value is -1.10. The van der Waals surface area contributed by atoms with Gasteiger partial charge in [-0.2, -0.15) is 0 Å². The van der Waals surface area contributed by atoms with Gasteiger partial charge in [-0.1, -0.05) is 20.8 Å². The van der Waals surface area contributed by atoms with Gasteiger partial charge in [-0.05, 0) is 32.6 Å². The predicted octanol–water partition coefficient (Wildman–Crippen LogP) is 2.07. The minimum atomic E-state index is -0.836. The summed E-state index contributed by atoms with van der Waals surface area (Å²) in [5, 5.41) is 0. The van der Waals surface area contributed by atoms with Gasteiger partial charge >= 0.3 is 11.9 Å². The summed E-state index contributed by atoms with van der Waals surface area (Å²) in [6.07, 6.45) is 0.355. The van der Waals surface area contributed by atoms with Crippen LogP contribution in [-0.2, 0) is 23.8 Å². The van der Waals surface area contributed by atoms with Gasteiger partial charge in [0.05, 0.1) is 11.3 Å². The molecule has 3 saturated heterocycles. The second-order valence-corrected chi connectivity index (χ2v) is 7.42. The van der Waals surface area contributed by atoms with E-state index in [1.807, 2.05) is 34.6 Å². The zero-order valence-corrected chi connectivity index (χ0v) is 13.3. The van der Waals surface area contributed by atoms with Crippen LogP contribution in [0.25, 0.3) is 0 Å². The summed E-state index contributed by atoms with van der Waals surface area (Å²) < 4.78 is 17.4. The third-order valence-electron chi connectivity index (χ3n) is 5.59. The smallest absolute Gasteiger partial charge is 0.312 e. The van der Waals surface area contributed by atoms with Crippen molar-refractivity contribution < 1.29 is 23.8 Å². The van der Waals surface area contributed by atoms with Crippen LogP contribution in [0.3, 0.4) is 0 Å². The molecule has 3 fully saturated rings. The van der Waals surface area contributed by atoms with E-state index in [1.165, 1.54) is 0 Å². The molecule has 0 aromatic heterocycles.